The van der Waals surface area contributed by atoms with Crippen LogP contribution >= 0.6 is 0 Å². The zero-order valence-electron chi connectivity index (χ0n) is 12.3. The van der Waals surface area contributed by atoms with Crippen LogP contribution in [0.15, 0.2) is 18.3 Å². The summed E-state index contributed by atoms with van der Waals surface area (Å²) in [7, 11) is 2.99. The lowest BCUT2D eigenvalue weighted by molar-refractivity contribution is -0.151. The molecule has 0 spiro atoms. The molecule has 1 N–H and O–H groups in total. The van der Waals surface area contributed by atoms with E-state index in [0.29, 0.717) is 12.8 Å². The number of carbonyl (C=O) groups is 2. The lowest BCUT2D eigenvalue weighted by Gasteiger charge is -2.41. The summed E-state index contributed by atoms with van der Waals surface area (Å²) >= 11 is 0. The van der Waals surface area contributed by atoms with Crippen molar-refractivity contribution in [3.05, 3.63) is 23.9 Å². The molecular weight excluding hydrogens is 272 g/mol. The Morgan fingerprint density at radius 2 is 2.00 bits per heavy atom. The van der Waals surface area contributed by atoms with Crippen molar-refractivity contribution in [2.75, 3.05) is 14.2 Å². The van der Waals surface area contributed by atoms with Gasteiger partial charge in [0.2, 0.25) is 5.88 Å². The van der Waals surface area contributed by atoms with E-state index in [2.05, 4.69) is 4.98 Å². The zero-order valence-corrected chi connectivity index (χ0v) is 12.3. The van der Waals surface area contributed by atoms with Crippen molar-refractivity contribution in [2.24, 2.45) is 0 Å². The summed E-state index contributed by atoms with van der Waals surface area (Å²) in [5, 5.41) is 9.64. The van der Waals surface area contributed by atoms with Crippen molar-refractivity contribution < 1.29 is 19.4 Å². The van der Waals surface area contributed by atoms with Crippen molar-refractivity contribution in [2.45, 2.75) is 37.6 Å². The number of aromatic nitrogens is 1. The molecule has 1 aromatic heterocycles. The number of carboxylic acids is 1. The van der Waals surface area contributed by atoms with Gasteiger partial charge in [0.1, 0.15) is 11.1 Å². The summed E-state index contributed by atoms with van der Waals surface area (Å²) in [6.45, 7) is 0. The molecule has 2 rings (SSSR count). The van der Waals surface area contributed by atoms with Crippen LogP contribution in [0.3, 0.4) is 0 Å². The van der Waals surface area contributed by atoms with Crippen LogP contribution in [0.4, 0.5) is 0 Å². The summed E-state index contributed by atoms with van der Waals surface area (Å²) in [5.74, 6) is -1.10. The summed E-state index contributed by atoms with van der Waals surface area (Å²) in [5.41, 5.74) is -0.843. The highest BCUT2D eigenvalue weighted by Crippen LogP contribution is 2.34. The van der Waals surface area contributed by atoms with Crippen molar-refractivity contribution in [1.82, 2.24) is 9.88 Å². The van der Waals surface area contributed by atoms with Gasteiger partial charge in [-0.3, -0.25) is 4.79 Å². The minimum atomic E-state index is -1.13. The predicted molar refractivity (Wildman–Crippen MR) is 76.3 cm³/mol. The molecule has 1 aliphatic rings. The maximum absolute atomic E-state index is 12.7. The second-order valence-electron chi connectivity index (χ2n) is 5.32. The minimum absolute atomic E-state index is 0.214. The van der Waals surface area contributed by atoms with Gasteiger partial charge in [0.25, 0.3) is 5.91 Å². The number of amides is 1. The van der Waals surface area contributed by atoms with E-state index in [4.69, 9.17) is 4.74 Å². The number of ether oxygens (including phenoxy) is 1. The SMILES string of the molecule is COc1ncccc1C(=O)N(C)C1(C(=O)O)CCCCC1. The zero-order chi connectivity index (χ0) is 15.5. The van der Waals surface area contributed by atoms with Gasteiger partial charge in [0.15, 0.2) is 0 Å². The number of aliphatic carboxylic acids is 1. The van der Waals surface area contributed by atoms with Gasteiger partial charge < -0.3 is 14.7 Å². The van der Waals surface area contributed by atoms with Gasteiger partial charge >= 0.3 is 5.97 Å². The summed E-state index contributed by atoms with van der Waals surface area (Å²) in [6.07, 6.45) is 5.12. The van der Waals surface area contributed by atoms with Gasteiger partial charge in [0, 0.05) is 13.2 Å². The number of carbonyl (C=O) groups excluding carboxylic acids is 1. The molecule has 114 valence electrons. The number of hydrogen-bond acceptors (Lipinski definition) is 4. The third-order valence-corrected chi connectivity index (χ3v) is 4.22. The number of hydrogen-bond donors (Lipinski definition) is 1. The molecule has 1 heterocycles. The third-order valence-electron chi connectivity index (χ3n) is 4.22. The van der Waals surface area contributed by atoms with E-state index in [0.717, 1.165) is 19.3 Å². The number of pyridine rings is 1. The molecule has 0 aliphatic heterocycles. The highest BCUT2D eigenvalue weighted by Gasteiger charge is 2.46. The fraction of sp³-hybridized carbons (Fsp3) is 0.533. The first-order valence-electron chi connectivity index (χ1n) is 7.03. The van der Waals surface area contributed by atoms with Crippen LogP contribution in [0.5, 0.6) is 5.88 Å². The molecule has 0 radical (unpaired) electrons. The molecule has 0 saturated heterocycles. The summed E-state index contributed by atoms with van der Waals surface area (Å²) in [6, 6.07) is 3.24. The van der Waals surface area contributed by atoms with Crippen molar-refractivity contribution in [1.29, 1.82) is 0 Å². The Balaban J connectivity index is 2.34. The molecule has 0 unspecified atom stereocenters. The van der Waals surface area contributed by atoms with E-state index in [1.165, 1.54) is 18.2 Å². The van der Waals surface area contributed by atoms with Crippen LogP contribution in [0.25, 0.3) is 0 Å². The van der Waals surface area contributed by atoms with Gasteiger partial charge in [-0.05, 0) is 25.0 Å². The van der Waals surface area contributed by atoms with Crippen molar-refractivity contribution >= 4 is 11.9 Å². The van der Waals surface area contributed by atoms with Crippen molar-refractivity contribution in [3.8, 4) is 5.88 Å². The first-order valence-corrected chi connectivity index (χ1v) is 7.03. The molecule has 1 fully saturated rings. The Labute approximate surface area is 123 Å². The van der Waals surface area contributed by atoms with Crippen LogP contribution in [-0.2, 0) is 4.79 Å². The molecule has 1 saturated carbocycles. The quantitative estimate of drug-likeness (QED) is 0.917. The highest BCUT2D eigenvalue weighted by molar-refractivity contribution is 5.99. The normalized spacial score (nSPS) is 17.0. The fourth-order valence-corrected chi connectivity index (χ4v) is 2.92. The number of likely N-dealkylation sites (N-methyl/N-ethyl adjacent to an activating group) is 1. The standard InChI is InChI=1S/C15H20N2O4/c1-17(15(14(19)20)8-4-3-5-9-15)13(18)11-7-6-10-16-12(11)21-2/h6-7,10H,3-5,8-9H2,1-2H3,(H,19,20). The Bertz CT molecular complexity index is 538. The van der Waals surface area contributed by atoms with Crippen LogP contribution in [0.2, 0.25) is 0 Å². The van der Waals surface area contributed by atoms with Gasteiger partial charge in [-0.2, -0.15) is 0 Å². The van der Waals surface area contributed by atoms with Crippen molar-refractivity contribution in [3.63, 3.8) is 0 Å². The van der Waals surface area contributed by atoms with E-state index in [1.807, 2.05) is 0 Å². The van der Waals surface area contributed by atoms with E-state index in [-0.39, 0.29) is 17.4 Å². The molecule has 0 atom stereocenters. The molecule has 1 amide bonds. The second-order valence-corrected chi connectivity index (χ2v) is 5.32. The topological polar surface area (TPSA) is 79.7 Å². The van der Waals surface area contributed by atoms with Gasteiger partial charge in [-0.1, -0.05) is 19.3 Å². The molecule has 0 bridgehead atoms. The monoisotopic (exact) mass is 292 g/mol. The average Bonchev–Trinajstić information content (AvgIpc) is 2.53. The summed E-state index contributed by atoms with van der Waals surface area (Å²) < 4.78 is 5.09. The molecule has 6 heteroatoms. The van der Waals surface area contributed by atoms with Crippen LogP contribution in [0.1, 0.15) is 42.5 Å². The van der Waals surface area contributed by atoms with E-state index in [1.54, 1.807) is 19.2 Å². The number of carboxylic acid groups (broad SMARTS) is 1. The molecule has 0 aromatic carbocycles. The smallest absolute Gasteiger partial charge is 0.329 e. The van der Waals surface area contributed by atoms with E-state index < -0.39 is 11.5 Å². The highest BCUT2D eigenvalue weighted by atomic mass is 16.5. The molecule has 1 aliphatic carbocycles. The minimum Gasteiger partial charge on any atom is -0.480 e. The maximum atomic E-state index is 12.7. The van der Waals surface area contributed by atoms with Crippen LogP contribution < -0.4 is 4.74 Å². The fourth-order valence-electron chi connectivity index (χ4n) is 2.92. The van der Waals surface area contributed by atoms with Gasteiger partial charge in [-0.15, -0.1) is 0 Å². The van der Waals surface area contributed by atoms with E-state index in [9.17, 15) is 14.7 Å². The van der Waals surface area contributed by atoms with Crippen LogP contribution in [0, 0.1) is 0 Å². The summed E-state index contributed by atoms with van der Waals surface area (Å²) in [4.78, 5) is 29.8. The van der Waals surface area contributed by atoms with Crippen LogP contribution in [-0.4, -0.2) is 46.6 Å². The predicted octanol–water partition coefficient (Wildman–Crippen LogP) is 1.95. The first kappa shape index (κ1) is 15.3. The first-order chi connectivity index (χ1) is 10.0. The number of nitrogens with zero attached hydrogens (tertiary/aromatic N) is 2. The molecule has 1 aromatic rings. The number of rotatable bonds is 4. The Kier molecular flexibility index (Phi) is 4.45. The third kappa shape index (κ3) is 2.70. The molecule has 21 heavy (non-hydrogen) atoms. The Morgan fingerprint density at radius 3 is 2.57 bits per heavy atom. The largest absolute Gasteiger partial charge is 0.480 e. The van der Waals surface area contributed by atoms with E-state index >= 15 is 0 Å². The Hall–Kier alpha value is -2.11. The van der Waals surface area contributed by atoms with Gasteiger partial charge in [0.05, 0.1) is 7.11 Å². The second kappa shape index (κ2) is 6.11. The molecular formula is C15H20N2O4. The van der Waals surface area contributed by atoms with Gasteiger partial charge in [-0.25, -0.2) is 9.78 Å². The molecule has 6 nitrogen and oxygen atoms in total. The lowest BCUT2D eigenvalue weighted by Crippen LogP contribution is -2.56. The average molecular weight is 292 g/mol. The maximum Gasteiger partial charge on any atom is 0.329 e. The lowest BCUT2D eigenvalue weighted by atomic mass is 9.80. The number of methoxy groups -OCH3 is 1. The Morgan fingerprint density at radius 1 is 1.33 bits per heavy atom.